The highest BCUT2D eigenvalue weighted by molar-refractivity contribution is 5.85. The van der Waals surface area contributed by atoms with Crippen LogP contribution in [0.1, 0.15) is 31.0 Å². The lowest BCUT2D eigenvalue weighted by atomic mass is 9.91. The molecule has 2 nitrogen and oxygen atoms in total. The third-order valence-electron chi connectivity index (χ3n) is 2.68. The van der Waals surface area contributed by atoms with Gasteiger partial charge in [-0.3, -0.25) is 0 Å². The number of halogens is 4. The molecule has 0 radical (unpaired) electrons. The van der Waals surface area contributed by atoms with E-state index in [4.69, 9.17) is 5.73 Å². The molecule has 3 N–H and O–H groups in total. The zero-order chi connectivity index (χ0) is 13.2. The fourth-order valence-electron chi connectivity index (χ4n) is 1.64. The Hall–Kier alpha value is -0.780. The van der Waals surface area contributed by atoms with Gasteiger partial charge in [0.15, 0.2) is 0 Å². The summed E-state index contributed by atoms with van der Waals surface area (Å²) in [4.78, 5) is 0. The molecule has 0 amide bonds. The molecule has 0 bridgehead atoms. The number of alkyl halides is 3. The number of aliphatic hydroxyl groups excluding tert-OH is 1. The van der Waals surface area contributed by atoms with E-state index in [0.717, 1.165) is 6.07 Å². The molecule has 6 heteroatoms. The van der Waals surface area contributed by atoms with Crippen LogP contribution in [0.4, 0.5) is 13.2 Å². The fraction of sp³-hybridized carbons (Fsp3) is 0.500. The van der Waals surface area contributed by atoms with Crippen LogP contribution in [0.5, 0.6) is 0 Å². The van der Waals surface area contributed by atoms with Gasteiger partial charge in [-0.05, 0) is 17.5 Å². The van der Waals surface area contributed by atoms with Crippen molar-refractivity contribution in [1.82, 2.24) is 0 Å². The highest BCUT2D eigenvalue weighted by atomic mass is 35.5. The molecule has 0 fully saturated rings. The zero-order valence-corrected chi connectivity index (χ0v) is 10.9. The van der Waals surface area contributed by atoms with Crippen molar-refractivity contribution in [2.75, 3.05) is 0 Å². The topological polar surface area (TPSA) is 46.2 Å². The summed E-state index contributed by atoms with van der Waals surface area (Å²) in [6.07, 6.45) is -5.45. The summed E-state index contributed by atoms with van der Waals surface area (Å²) in [6.45, 7) is 3.42. The Kier molecular flexibility index (Phi) is 6.13. The van der Waals surface area contributed by atoms with Gasteiger partial charge in [-0.15, -0.1) is 12.4 Å². The summed E-state index contributed by atoms with van der Waals surface area (Å²) in [5.41, 5.74) is 4.83. The lowest BCUT2D eigenvalue weighted by molar-refractivity contribution is -0.138. The summed E-state index contributed by atoms with van der Waals surface area (Å²) >= 11 is 0. The predicted molar refractivity (Wildman–Crippen MR) is 66.5 cm³/mol. The molecule has 0 spiro atoms. The summed E-state index contributed by atoms with van der Waals surface area (Å²) in [6, 6.07) is 4.03. The molecule has 0 saturated heterocycles. The molecule has 1 rings (SSSR count). The van der Waals surface area contributed by atoms with E-state index in [1.54, 1.807) is 13.8 Å². The van der Waals surface area contributed by atoms with E-state index in [0.29, 0.717) is 0 Å². The van der Waals surface area contributed by atoms with Crippen molar-refractivity contribution in [1.29, 1.82) is 0 Å². The normalized spacial score (nSPS) is 15.1. The Morgan fingerprint density at radius 2 is 1.67 bits per heavy atom. The van der Waals surface area contributed by atoms with Crippen molar-refractivity contribution in [2.45, 2.75) is 32.2 Å². The molecule has 0 unspecified atom stereocenters. The third kappa shape index (κ3) is 3.86. The lowest BCUT2D eigenvalue weighted by Gasteiger charge is -2.25. The number of hydrogen-bond donors (Lipinski definition) is 2. The summed E-state index contributed by atoms with van der Waals surface area (Å²) < 4.78 is 38.2. The molecule has 0 heterocycles. The van der Waals surface area contributed by atoms with Crippen LogP contribution < -0.4 is 5.73 Å². The van der Waals surface area contributed by atoms with Crippen molar-refractivity contribution in [3.63, 3.8) is 0 Å². The molecule has 0 aliphatic rings. The SMILES string of the molecule is CC(C)[C@@H](O)[C@@H](N)c1ccccc1C(F)(F)F.Cl. The molecule has 18 heavy (non-hydrogen) atoms. The Balaban J connectivity index is 0.00000289. The molecule has 2 atom stereocenters. The first-order valence-electron chi connectivity index (χ1n) is 5.35. The molecule has 104 valence electrons. The van der Waals surface area contributed by atoms with E-state index in [-0.39, 0.29) is 23.9 Å². The zero-order valence-electron chi connectivity index (χ0n) is 10.1. The first kappa shape index (κ1) is 17.2. The molecule has 0 aliphatic heterocycles. The van der Waals surface area contributed by atoms with Gasteiger partial charge in [0.2, 0.25) is 0 Å². The number of nitrogens with two attached hydrogens (primary N) is 1. The van der Waals surface area contributed by atoms with Crippen LogP contribution >= 0.6 is 12.4 Å². The minimum atomic E-state index is -4.45. The fourth-order valence-corrected chi connectivity index (χ4v) is 1.64. The standard InChI is InChI=1S/C12H16F3NO.ClH/c1-7(2)11(17)10(16)8-5-3-4-6-9(8)12(13,14)15;/h3-7,10-11,17H,16H2,1-2H3;1H/t10-,11+;/m0./s1. The van der Waals surface area contributed by atoms with E-state index < -0.39 is 23.9 Å². The Morgan fingerprint density at radius 3 is 2.11 bits per heavy atom. The van der Waals surface area contributed by atoms with Crippen LogP contribution in [0.15, 0.2) is 24.3 Å². The van der Waals surface area contributed by atoms with Crippen LogP contribution in [0, 0.1) is 5.92 Å². The van der Waals surface area contributed by atoms with Crippen molar-refractivity contribution in [3.05, 3.63) is 35.4 Å². The summed E-state index contributed by atoms with van der Waals surface area (Å²) in [5.74, 6) is -0.203. The maximum Gasteiger partial charge on any atom is 0.416 e. The number of rotatable bonds is 3. The molecule has 1 aromatic carbocycles. The van der Waals surface area contributed by atoms with Crippen molar-refractivity contribution < 1.29 is 18.3 Å². The molecule has 1 aromatic rings. The van der Waals surface area contributed by atoms with Gasteiger partial charge in [-0.1, -0.05) is 32.0 Å². The van der Waals surface area contributed by atoms with Gasteiger partial charge in [0.25, 0.3) is 0 Å². The highest BCUT2D eigenvalue weighted by Crippen LogP contribution is 2.35. The van der Waals surface area contributed by atoms with Gasteiger partial charge in [-0.2, -0.15) is 13.2 Å². The van der Waals surface area contributed by atoms with Crippen LogP contribution in [0.2, 0.25) is 0 Å². The molecular formula is C12H17ClF3NO. The van der Waals surface area contributed by atoms with Gasteiger partial charge < -0.3 is 10.8 Å². The smallest absolute Gasteiger partial charge is 0.391 e. The Labute approximate surface area is 110 Å². The summed E-state index contributed by atoms with van der Waals surface area (Å²) in [5, 5.41) is 9.75. The average molecular weight is 284 g/mol. The monoisotopic (exact) mass is 283 g/mol. The maximum atomic E-state index is 12.7. The molecular weight excluding hydrogens is 267 g/mol. The molecule has 0 saturated carbocycles. The average Bonchev–Trinajstić information content (AvgIpc) is 2.25. The number of hydrogen-bond acceptors (Lipinski definition) is 2. The maximum absolute atomic E-state index is 12.7. The Bertz CT molecular complexity index is 382. The van der Waals surface area contributed by atoms with E-state index in [1.165, 1.54) is 18.2 Å². The minimum absolute atomic E-state index is 0. The summed E-state index contributed by atoms with van der Waals surface area (Å²) in [7, 11) is 0. The van der Waals surface area contributed by atoms with Gasteiger partial charge in [0.05, 0.1) is 17.7 Å². The Morgan fingerprint density at radius 1 is 1.17 bits per heavy atom. The molecule has 0 aromatic heterocycles. The third-order valence-corrected chi connectivity index (χ3v) is 2.68. The quantitative estimate of drug-likeness (QED) is 0.895. The van der Waals surface area contributed by atoms with E-state index in [1.807, 2.05) is 0 Å². The predicted octanol–water partition coefficient (Wildman–Crippen LogP) is 3.14. The minimum Gasteiger partial charge on any atom is -0.391 e. The lowest BCUT2D eigenvalue weighted by Crippen LogP contribution is -2.32. The van der Waals surface area contributed by atoms with Gasteiger partial charge in [0, 0.05) is 0 Å². The van der Waals surface area contributed by atoms with Gasteiger partial charge in [0.1, 0.15) is 0 Å². The van der Waals surface area contributed by atoms with Crippen LogP contribution in [0.25, 0.3) is 0 Å². The van der Waals surface area contributed by atoms with Gasteiger partial charge >= 0.3 is 6.18 Å². The van der Waals surface area contributed by atoms with E-state index in [2.05, 4.69) is 0 Å². The highest BCUT2D eigenvalue weighted by Gasteiger charge is 2.35. The van der Waals surface area contributed by atoms with Crippen LogP contribution in [0.3, 0.4) is 0 Å². The number of aliphatic hydroxyl groups is 1. The second-order valence-electron chi connectivity index (χ2n) is 4.35. The second kappa shape index (κ2) is 6.41. The first-order valence-corrected chi connectivity index (χ1v) is 5.35. The van der Waals surface area contributed by atoms with Gasteiger partial charge in [-0.25, -0.2) is 0 Å². The first-order chi connectivity index (χ1) is 7.75. The van der Waals surface area contributed by atoms with E-state index in [9.17, 15) is 18.3 Å². The van der Waals surface area contributed by atoms with E-state index >= 15 is 0 Å². The number of benzene rings is 1. The second-order valence-corrected chi connectivity index (χ2v) is 4.35. The van der Waals surface area contributed by atoms with Crippen LogP contribution in [-0.4, -0.2) is 11.2 Å². The molecule has 0 aliphatic carbocycles. The van der Waals surface area contributed by atoms with Crippen molar-refractivity contribution in [2.24, 2.45) is 11.7 Å². The van der Waals surface area contributed by atoms with Crippen molar-refractivity contribution in [3.8, 4) is 0 Å². The largest absolute Gasteiger partial charge is 0.416 e. The van der Waals surface area contributed by atoms with Crippen molar-refractivity contribution >= 4 is 12.4 Å². The van der Waals surface area contributed by atoms with Crippen LogP contribution in [-0.2, 0) is 6.18 Å².